The van der Waals surface area contributed by atoms with Gasteiger partial charge >= 0.3 is 12.1 Å². The molecule has 2 atom stereocenters. The van der Waals surface area contributed by atoms with Crippen molar-refractivity contribution in [1.29, 1.82) is 0 Å². The average molecular weight is 622 g/mol. The molecule has 2 aliphatic heterocycles. The lowest BCUT2D eigenvalue weighted by atomic mass is 9.84. The number of rotatable bonds is 10. The minimum Gasteiger partial charge on any atom is -0.497 e. The second-order valence-corrected chi connectivity index (χ2v) is 12.7. The van der Waals surface area contributed by atoms with Gasteiger partial charge in [0.2, 0.25) is 5.91 Å². The molecule has 0 radical (unpaired) electrons. The second-order valence-electron chi connectivity index (χ2n) is 11.2. The molecule has 2 saturated heterocycles. The number of methoxy groups -OCH3 is 1. The molecule has 0 unspecified atom stereocenters. The van der Waals surface area contributed by atoms with Crippen LogP contribution in [0.4, 0.5) is 9.59 Å². The molecule has 2 heterocycles. The zero-order chi connectivity index (χ0) is 31.2. The first-order valence-electron chi connectivity index (χ1n) is 15.0. The first-order chi connectivity index (χ1) is 22.0. The molecule has 4 amide bonds. The summed E-state index contributed by atoms with van der Waals surface area (Å²) in [5.74, 6) is 0.385. The number of nitrogens with zero attached hydrogens (tertiary/aromatic N) is 2. The van der Waals surface area contributed by atoms with E-state index in [0.29, 0.717) is 13.0 Å². The molecular formula is C36H35N3O5S. The van der Waals surface area contributed by atoms with E-state index in [9.17, 15) is 14.4 Å². The number of thioether (sulfide) groups is 1. The fraction of sp³-hybridized carbons (Fsp3) is 0.250. The van der Waals surface area contributed by atoms with Gasteiger partial charge in [-0.1, -0.05) is 103 Å². The number of hydrogen-bond acceptors (Lipinski definition) is 6. The number of ether oxygens (including phenoxy) is 2. The summed E-state index contributed by atoms with van der Waals surface area (Å²) in [7, 11) is 1.60. The zero-order valence-corrected chi connectivity index (χ0v) is 25.8. The van der Waals surface area contributed by atoms with Crippen LogP contribution in [0.3, 0.4) is 0 Å². The van der Waals surface area contributed by atoms with Gasteiger partial charge < -0.3 is 19.3 Å². The standard InChI is InChI=1S/C36H35N3O5S/c1-43-31-19-17-26(18-20-31)25-44-35(42)39-23-32(21-30(39)22-38-24-33(40)37-34(38)41)45-36(27-11-5-2-6-12-27,28-13-7-3-8-14-28)29-15-9-4-10-16-29/h2-20,30,32H,21-25H2,1H3,(H,37,40,41)/t30-,32-/m0/s1. The number of carbonyl (C=O) groups is 3. The van der Waals surface area contributed by atoms with E-state index < -0.39 is 16.9 Å². The summed E-state index contributed by atoms with van der Waals surface area (Å²) in [6.45, 7) is 0.744. The normalized spacial score (nSPS) is 18.2. The van der Waals surface area contributed by atoms with Crippen molar-refractivity contribution in [1.82, 2.24) is 15.1 Å². The molecule has 45 heavy (non-hydrogen) atoms. The molecule has 6 rings (SSSR count). The Balaban J connectivity index is 1.32. The van der Waals surface area contributed by atoms with E-state index in [1.165, 1.54) is 4.90 Å². The summed E-state index contributed by atoms with van der Waals surface area (Å²) in [5.41, 5.74) is 4.24. The molecule has 230 valence electrons. The van der Waals surface area contributed by atoms with E-state index >= 15 is 0 Å². The van der Waals surface area contributed by atoms with Crippen molar-refractivity contribution in [2.75, 3.05) is 26.7 Å². The Bertz CT molecular complexity index is 1520. The van der Waals surface area contributed by atoms with Gasteiger partial charge in [-0.05, 0) is 40.8 Å². The highest BCUT2D eigenvalue weighted by Gasteiger charge is 2.45. The van der Waals surface area contributed by atoms with Crippen LogP contribution in [-0.2, 0) is 20.9 Å². The largest absolute Gasteiger partial charge is 0.497 e. The fourth-order valence-corrected chi connectivity index (χ4v) is 8.03. The second kappa shape index (κ2) is 13.5. The predicted molar refractivity (Wildman–Crippen MR) is 174 cm³/mol. The molecule has 1 N–H and O–H groups in total. The molecule has 0 aromatic heterocycles. The molecular weight excluding hydrogens is 586 g/mol. The Morgan fingerprint density at radius 1 is 0.844 bits per heavy atom. The fourth-order valence-electron chi connectivity index (χ4n) is 6.16. The minimum absolute atomic E-state index is 0.00878. The zero-order valence-electron chi connectivity index (χ0n) is 25.0. The third kappa shape index (κ3) is 6.54. The number of amides is 4. The molecule has 0 aliphatic carbocycles. The van der Waals surface area contributed by atoms with Crippen LogP contribution in [-0.4, -0.2) is 65.9 Å². The van der Waals surface area contributed by atoms with Gasteiger partial charge in [-0.2, -0.15) is 0 Å². The summed E-state index contributed by atoms with van der Waals surface area (Å²) in [6, 6.07) is 37.9. The quantitative estimate of drug-likeness (QED) is 0.171. The molecule has 2 aliphatic rings. The van der Waals surface area contributed by atoms with Crippen molar-refractivity contribution in [3.63, 3.8) is 0 Å². The van der Waals surface area contributed by atoms with Crippen molar-refractivity contribution in [3.8, 4) is 5.75 Å². The molecule has 2 fully saturated rings. The lowest BCUT2D eigenvalue weighted by molar-refractivity contribution is -0.118. The monoisotopic (exact) mass is 621 g/mol. The number of imide groups is 1. The van der Waals surface area contributed by atoms with E-state index in [2.05, 4.69) is 78.1 Å². The van der Waals surface area contributed by atoms with Crippen molar-refractivity contribution in [2.45, 2.75) is 29.1 Å². The Morgan fingerprint density at radius 3 is 1.89 bits per heavy atom. The molecule has 8 nitrogen and oxygen atoms in total. The van der Waals surface area contributed by atoms with Gasteiger partial charge in [0, 0.05) is 18.3 Å². The topological polar surface area (TPSA) is 88.2 Å². The molecule has 4 aromatic carbocycles. The number of benzene rings is 4. The highest BCUT2D eigenvalue weighted by atomic mass is 32.2. The summed E-state index contributed by atoms with van der Waals surface area (Å²) < 4.78 is 10.5. The van der Waals surface area contributed by atoms with Gasteiger partial charge in [0.15, 0.2) is 0 Å². The van der Waals surface area contributed by atoms with E-state index in [0.717, 1.165) is 28.0 Å². The third-order valence-corrected chi connectivity index (χ3v) is 10.1. The summed E-state index contributed by atoms with van der Waals surface area (Å²) >= 11 is 1.81. The van der Waals surface area contributed by atoms with Crippen molar-refractivity contribution in [2.24, 2.45) is 0 Å². The first kappa shape index (κ1) is 30.3. The van der Waals surface area contributed by atoms with Crippen LogP contribution >= 0.6 is 11.8 Å². The van der Waals surface area contributed by atoms with Crippen LogP contribution in [0.2, 0.25) is 0 Å². The number of carbonyl (C=O) groups excluding carboxylic acids is 3. The summed E-state index contributed by atoms with van der Waals surface area (Å²) in [5, 5.41) is 2.34. The highest BCUT2D eigenvalue weighted by molar-refractivity contribution is 8.01. The Morgan fingerprint density at radius 2 is 1.40 bits per heavy atom. The number of urea groups is 1. The number of nitrogens with one attached hydrogen (secondary N) is 1. The summed E-state index contributed by atoms with van der Waals surface area (Å²) in [4.78, 5) is 41.4. The van der Waals surface area contributed by atoms with Crippen LogP contribution in [0.15, 0.2) is 115 Å². The van der Waals surface area contributed by atoms with Crippen molar-refractivity contribution >= 4 is 29.8 Å². The van der Waals surface area contributed by atoms with Crippen LogP contribution in [0.25, 0.3) is 0 Å². The van der Waals surface area contributed by atoms with Gasteiger partial charge in [-0.15, -0.1) is 11.8 Å². The van der Waals surface area contributed by atoms with Gasteiger partial charge in [0.05, 0.1) is 17.9 Å². The lowest BCUT2D eigenvalue weighted by Gasteiger charge is -2.37. The molecule has 0 bridgehead atoms. The van der Waals surface area contributed by atoms with Crippen molar-refractivity contribution < 1.29 is 23.9 Å². The van der Waals surface area contributed by atoms with Gasteiger partial charge in [-0.25, -0.2) is 9.59 Å². The van der Waals surface area contributed by atoms with Crippen LogP contribution in [0, 0.1) is 0 Å². The Hall–Kier alpha value is -4.76. The predicted octanol–water partition coefficient (Wildman–Crippen LogP) is 6.05. The Labute approximate surface area is 267 Å². The SMILES string of the molecule is COc1ccc(COC(=O)N2C[C@@H](SC(c3ccccc3)(c3ccccc3)c3ccccc3)C[C@H]2CN2CC(=O)NC2=O)cc1. The van der Waals surface area contributed by atoms with E-state index in [-0.39, 0.29) is 36.9 Å². The maximum Gasteiger partial charge on any atom is 0.410 e. The van der Waals surface area contributed by atoms with E-state index in [4.69, 9.17) is 9.47 Å². The third-order valence-electron chi connectivity index (χ3n) is 8.32. The van der Waals surface area contributed by atoms with E-state index in [1.807, 2.05) is 54.2 Å². The average Bonchev–Trinajstić information content (AvgIpc) is 3.64. The van der Waals surface area contributed by atoms with Crippen LogP contribution in [0.1, 0.15) is 28.7 Å². The number of likely N-dealkylation sites (tertiary alicyclic amines) is 1. The van der Waals surface area contributed by atoms with Gasteiger partial charge in [0.1, 0.15) is 18.9 Å². The minimum atomic E-state index is -0.566. The first-order valence-corrected chi connectivity index (χ1v) is 15.8. The molecule has 4 aromatic rings. The van der Waals surface area contributed by atoms with Gasteiger partial charge in [-0.3, -0.25) is 10.1 Å². The molecule has 9 heteroatoms. The maximum absolute atomic E-state index is 13.7. The maximum atomic E-state index is 13.7. The van der Waals surface area contributed by atoms with Crippen LogP contribution < -0.4 is 10.1 Å². The number of hydrogen-bond donors (Lipinski definition) is 1. The van der Waals surface area contributed by atoms with Gasteiger partial charge in [0.25, 0.3) is 0 Å². The highest BCUT2D eigenvalue weighted by Crippen LogP contribution is 2.52. The smallest absolute Gasteiger partial charge is 0.410 e. The summed E-state index contributed by atoms with van der Waals surface area (Å²) in [6.07, 6.45) is 0.170. The molecule has 0 saturated carbocycles. The Kier molecular flexibility index (Phi) is 9.07. The van der Waals surface area contributed by atoms with Crippen molar-refractivity contribution in [3.05, 3.63) is 138 Å². The molecule has 0 spiro atoms. The van der Waals surface area contributed by atoms with E-state index in [1.54, 1.807) is 12.0 Å². The van der Waals surface area contributed by atoms with Crippen LogP contribution in [0.5, 0.6) is 5.75 Å². The lowest BCUT2D eigenvalue weighted by Crippen LogP contribution is -2.44.